The average Bonchev–Trinajstić information content (AvgIpc) is 2.89. The van der Waals surface area contributed by atoms with Gasteiger partial charge in [0.2, 0.25) is 17.7 Å². The Bertz CT molecular complexity index is 1000. The lowest BCUT2D eigenvalue weighted by Crippen LogP contribution is -2.45. The molecule has 0 saturated carbocycles. The molecule has 2 aromatic rings. The maximum atomic E-state index is 12.9. The highest BCUT2D eigenvalue weighted by Gasteiger charge is 2.22. The fourth-order valence-electron chi connectivity index (χ4n) is 3.19. The molecule has 0 aliphatic rings. The Morgan fingerprint density at radius 2 is 1.54 bits per heavy atom. The van der Waals surface area contributed by atoms with E-state index in [1.54, 1.807) is 0 Å². The van der Waals surface area contributed by atoms with Gasteiger partial charge < -0.3 is 30.5 Å². The van der Waals surface area contributed by atoms with Crippen molar-refractivity contribution in [3.05, 3.63) is 70.3 Å². The number of aliphatic hydroxyl groups is 1. The second-order valence-electron chi connectivity index (χ2n) is 7.90. The second-order valence-corrected chi connectivity index (χ2v) is 7.90. The van der Waals surface area contributed by atoms with Gasteiger partial charge in [-0.25, -0.2) is 0 Å². The molecule has 0 heterocycles. The summed E-state index contributed by atoms with van der Waals surface area (Å²) in [5.41, 5.74) is 1.07. The van der Waals surface area contributed by atoms with Gasteiger partial charge in [-0.3, -0.25) is 24.5 Å². The summed E-state index contributed by atoms with van der Waals surface area (Å²) in [5.74, 6) is -1.28. The molecule has 1 atom stereocenters. The topological polar surface area (TPSA) is 169 Å². The molecule has 0 aromatic heterocycles. The van der Waals surface area contributed by atoms with Crippen molar-refractivity contribution in [2.75, 3.05) is 44.9 Å². The smallest absolute Gasteiger partial charge is 0.269 e. The lowest BCUT2D eigenvalue weighted by molar-refractivity contribution is -0.384. The number of carbonyl (C=O) groups is 3. The zero-order valence-electron chi connectivity index (χ0n) is 20.4. The largest absolute Gasteiger partial charge is 0.394 e. The van der Waals surface area contributed by atoms with Gasteiger partial charge in [0.15, 0.2) is 0 Å². The summed E-state index contributed by atoms with van der Waals surface area (Å²) < 4.78 is 10.3. The molecule has 0 aliphatic heterocycles. The minimum atomic E-state index is -0.922. The van der Waals surface area contributed by atoms with Crippen LogP contribution in [0.15, 0.2) is 54.6 Å². The first-order chi connectivity index (χ1) is 17.9. The van der Waals surface area contributed by atoms with Crippen molar-refractivity contribution in [1.29, 1.82) is 0 Å². The van der Waals surface area contributed by atoms with Gasteiger partial charge in [0, 0.05) is 43.6 Å². The molecule has 0 bridgehead atoms. The quantitative estimate of drug-likeness (QED) is 0.138. The number of hydrogen-bond donors (Lipinski definition) is 4. The number of aliphatic hydroxyl groups excluding tert-OH is 1. The van der Waals surface area contributed by atoms with E-state index in [2.05, 4.69) is 16.0 Å². The van der Waals surface area contributed by atoms with Crippen LogP contribution in [-0.4, -0.2) is 73.4 Å². The first-order valence-electron chi connectivity index (χ1n) is 11.8. The zero-order valence-corrected chi connectivity index (χ0v) is 20.4. The molecule has 12 nitrogen and oxygen atoms in total. The number of nitro groups is 1. The standard InChI is InChI=1S/C25H32N4O8/c30-13-15-37-17-16-36-14-12-26-23(31)10-11-24(32)28-22(18-19-4-2-1-3-5-19)25(33)27-20-6-8-21(9-7-20)29(34)35/h1-9,22,30H,10-18H2,(H,26,31)(H,27,33)(H,28,32)/t22-/m0/s1. The number of nitro benzene ring substituents is 1. The van der Waals surface area contributed by atoms with Crippen LogP contribution >= 0.6 is 0 Å². The highest BCUT2D eigenvalue weighted by atomic mass is 16.6. The maximum absolute atomic E-state index is 12.9. The summed E-state index contributed by atoms with van der Waals surface area (Å²) in [6, 6.07) is 13.6. The van der Waals surface area contributed by atoms with Crippen LogP contribution in [0.5, 0.6) is 0 Å². The van der Waals surface area contributed by atoms with Gasteiger partial charge in [0.05, 0.1) is 38.0 Å². The van der Waals surface area contributed by atoms with E-state index >= 15 is 0 Å². The number of hydrogen-bond acceptors (Lipinski definition) is 8. The van der Waals surface area contributed by atoms with Crippen molar-refractivity contribution in [1.82, 2.24) is 10.6 Å². The van der Waals surface area contributed by atoms with Crippen molar-refractivity contribution >= 4 is 29.1 Å². The minimum Gasteiger partial charge on any atom is -0.394 e. The summed E-state index contributed by atoms with van der Waals surface area (Å²) in [5, 5.41) is 27.4. The van der Waals surface area contributed by atoms with Crippen molar-refractivity contribution < 1.29 is 33.9 Å². The Balaban J connectivity index is 1.82. The zero-order chi connectivity index (χ0) is 26.9. The van der Waals surface area contributed by atoms with E-state index in [9.17, 15) is 24.5 Å². The Morgan fingerprint density at radius 1 is 0.892 bits per heavy atom. The summed E-state index contributed by atoms with van der Waals surface area (Å²) >= 11 is 0. The average molecular weight is 517 g/mol. The van der Waals surface area contributed by atoms with Gasteiger partial charge in [-0.1, -0.05) is 30.3 Å². The molecule has 0 spiro atoms. The van der Waals surface area contributed by atoms with E-state index in [1.165, 1.54) is 24.3 Å². The number of amides is 3. The molecule has 200 valence electrons. The number of ether oxygens (including phenoxy) is 2. The van der Waals surface area contributed by atoms with E-state index in [4.69, 9.17) is 14.6 Å². The van der Waals surface area contributed by atoms with Gasteiger partial charge >= 0.3 is 0 Å². The number of rotatable bonds is 17. The van der Waals surface area contributed by atoms with Gasteiger partial charge in [-0.15, -0.1) is 0 Å². The number of nitrogens with zero attached hydrogens (tertiary/aromatic N) is 1. The molecule has 37 heavy (non-hydrogen) atoms. The monoisotopic (exact) mass is 516 g/mol. The molecule has 0 saturated heterocycles. The first kappa shape index (κ1) is 29.4. The highest BCUT2D eigenvalue weighted by molar-refractivity contribution is 5.97. The number of carbonyl (C=O) groups excluding carboxylic acids is 3. The second kappa shape index (κ2) is 16.7. The lowest BCUT2D eigenvalue weighted by atomic mass is 10.0. The summed E-state index contributed by atoms with van der Waals surface area (Å²) in [7, 11) is 0. The Hall–Kier alpha value is -3.87. The van der Waals surface area contributed by atoms with Crippen LogP contribution in [0.2, 0.25) is 0 Å². The Labute approximate surface area is 214 Å². The molecule has 0 aliphatic carbocycles. The summed E-state index contributed by atoms with van der Waals surface area (Å²) in [4.78, 5) is 47.8. The van der Waals surface area contributed by atoms with Crippen LogP contribution in [0.4, 0.5) is 11.4 Å². The van der Waals surface area contributed by atoms with Crippen LogP contribution in [0, 0.1) is 10.1 Å². The molecule has 3 amide bonds. The van der Waals surface area contributed by atoms with E-state index in [0.717, 1.165) is 5.56 Å². The molecule has 2 aromatic carbocycles. The summed E-state index contributed by atoms with van der Waals surface area (Å²) in [6.07, 6.45) is 0.0439. The minimum absolute atomic E-state index is 0.0545. The Morgan fingerprint density at radius 3 is 2.19 bits per heavy atom. The molecule has 0 unspecified atom stereocenters. The van der Waals surface area contributed by atoms with Crippen molar-refractivity contribution in [3.63, 3.8) is 0 Å². The van der Waals surface area contributed by atoms with Gasteiger partial charge in [-0.05, 0) is 17.7 Å². The molecule has 2 rings (SSSR count). The normalized spacial score (nSPS) is 11.4. The lowest BCUT2D eigenvalue weighted by Gasteiger charge is -2.19. The SMILES string of the molecule is O=C(CCC(=O)N[C@@H](Cc1ccccc1)C(=O)Nc1ccc([N+](=O)[O-])cc1)NCCOCCOCCO. The van der Waals surface area contributed by atoms with Crippen LogP contribution in [0.25, 0.3) is 0 Å². The fourth-order valence-corrected chi connectivity index (χ4v) is 3.19. The third-order valence-electron chi connectivity index (χ3n) is 5.04. The van der Waals surface area contributed by atoms with Crippen molar-refractivity contribution in [3.8, 4) is 0 Å². The number of nitrogens with one attached hydrogen (secondary N) is 3. The predicted octanol–water partition coefficient (Wildman–Crippen LogP) is 1.18. The van der Waals surface area contributed by atoms with Crippen LogP contribution in [0.3, 0.4) is 0 Å². The van der Waals surface area contributed by atoms with E-state index in [0.29, 0.717) is 18.9 Å². The van der Waals surface area contributed by atoms with Crippen molar-refractivity contribution in [2.24, 2.45) is 0 Å². The van der Waals surface area contributed by atoms with Crippen LogP contribution in [0.1, 0.15) is 18.4 Å². The number of benzene rings is 2. The third kappa shape index (κ3) is 12.1. The van der Waals surface area contributed by atoms with E-state index in [-0.39, 0.29) is 57.2 Å². The van der Waals surface area contributed by atoms with Gasteiger partial charge in [0.25, 0.3) is 5.69 Å². The molecule has 4 N–H and O–H groups in total. The van der Waals surface area contributed by atoms with Gasteiger partial charge in [0.1, 0.15) is 6.04 Å². The van der Waals surface area contributed by atoms with E-state index < -0.39 is 22.8 Å². The molecule has 12 heteroatoms. The Kier molecular flexibility index (Phi) is 13.3. The predicted molar refractivity (Wildman–Crippen MR) is 135 cm³/mol. The highest BCUT2D eigenvalue weighted by Crippen LogP contribution is 2.16. The number of anilines is 1. The number of non-ortho nitro benzene ring substituents is 1. The van der Waals surface area contributed by atoms with Crippen molar-refractivity contribution in [2.45, 2.75) is 25.3 Å². The fraction of sp³-hybridized carbons (Fsp3) is 0.400. The molecular weight excluding hydrogens is 484 g/mol. The van der Waals surface area contributed by atoms with Gasteiger partial charge in [-0.2, -0.15) is 0 Å². The van der Waals surface area contributed by atoms with E-state index in [1.807, 2.05) is 30.3 Å². The summed E-state index contributed by atoms with van der Waals surface area (Å²) in [6.45, 7) is 1.42. The molecular formula is C25H32N4O8. The first-order valence-corrected chi connectivity index (χ1v) is 11.8. The van der Waals surface area contributed by atoms with Crippen LogP contribution < -0.4 is 16.0 Å². The van der Waals surface area contributed by atoms with Crippen LogP contribution in [-0.2, 0) is 30.3 Å². The molecule has 0 fully saturated rings. The third-order valence-corrected chi connectivity index (χ3v) is 5.04. The molecule has 0 radical (unpaired) electrons. The maximum Gasteiger partial charge on any atom is 0.269 e.